The number of hydrogen-bond donors (Lipinski definition) is 1. The van der Waals surface area contributed by atoms with Crippen LogP contribution in [0.2, 0.25) is 0 Å². The Labute approximate surface area is 58.4 Å². The van der Waals surface area contributed by atoms with Gasteiger partial charge >= 0.3 is 5.97 Å². The average molecular weight is 147 g/mol. The van der Waals surface area contributed by atoms with Gasteiger partial charge in [-0.3, -0.25) is 0 Å². The monoisotopic (exact) mass is 146 g/mol. The van der Waals surface area contributed by atoms with Crippen LogP contribution in [0, 0.1) is 0 Å². The van der Waals surface area contributed by atoms with Crippen molar-refractivity contribution in [1.82, 2.24) is 0 Å². The smallest absolute Gasteiger partial charge is 0.336 e. The molecule has 0 heterocycles. The first-order valence-corrected chi connectivity index (χ1v) is 2.71. The van der Waals surface area contributed by atoms with Gasteiger partial charge in [-0.2, -0.15) is 0 Å². The fraction of sp³-hybridized carbons (Fsp3) is 0.167. The third-order valence-corrected chi connectivity index (χ3v) is 1.01. The van der Waals surface area contributed by atoms with E-state index in [4.69, 9.17) is 16.7 Å². The summed E-state index contributed by atoms with van der Waals surface area (Å²) in [5, 5.41) is 8.39. The van der Waals surface area contributed by atoms with Gasteiger partial charge in [0.1, 0.15) is 0 Å². The zero-order valence-corrected chi connectivity index (χ0v) is 5.77. The molecule has 0 saturated heterocycles. The maximum absolute atomic E-state index is 10.2. The molecule has 3 heteroatoms. The second-order valence-corrected chi connectivity index (χ2v) is 1.87. The van der Waals surface area contributed by atoms with E-state index in [2.05, 4.69) is 6.58 Å². The molecule has 0 aromatic rings. The number of carbonyl (C=O) groups is 1. The summed E-state index contributed by atoms with van der Waals surface area (Å²) >= 11 is 5.30. The molecule has 0 unspecified atom stereocenters. The summed E-state index contributed by atoms with van der Waals surface area (Å²) in [4.78, 5) is 10.2. The minimum absolute atomic E-state index is 0.0525. The summed E-state index contributed by atoms with van der Waals surface area (Å²) in [6.45, 7) is 4.86. The standard InChI is InChI=1S/C6H7ClO2/c1-3-5(4(2)7)6(8)9/h3H,2H2,1H3,(H,8,9). The van der Waals surface area contributed by atoms with E-state index in [0.717, 1.165) is 0 Å². The molecule has 0 spiro atoms. The Kier molecular flexibility index (Phi) is 3.02. The number of hydrogen-bond acceptors (Lipinski definition) is 1. The van der Waals surface area contributed by atoms with Gasteiger partial charge in [0.05, 0.1) is 5.57 Å². The highest BCUT2D eigenvalue weighted by Gasteiger charge is 2.06. The molecule has 2 nitrogen and oxygen atoms in total. The molecule has 50 valence electrons. The molecule has 0 rings (SSSR count). The lowest BCUT2D eigenvalue weighted by Crippen LogP contribution is -1.98. The summed E-state index contributed by atoms with van der Waals surface area (Å²) in [7, 11) is 0. The Bertz CT molecular complexity index is 154. The third-order valence-electron chi connectivity index (χ3n) is 0.811. The van der Waals surface area contributed by atoms with E-state index in [0.29, 0.717) is 0 Å². The highest BCUT2D eigenvalue weighted by molar-refractivity contribution is 6.34. The first-order chi connectivity index (χ1) is 4.09. The second kappa shape index (κ2) is 3.30. The topological polar surface area (TPSA) is 37.3 Å². The lowest BCUT2D eigenvalue weighted by Gasteiger charge is -1.93. The highest BCUT2D eigenvalue weighted by atomic mass is 35.5. The van der Waals surface area contributed by atoms with Crippen LogP contribution in [0.3, 0.4) is 0 Å². The third kappa shape index (κ3) is 2.33. The normalized spacial score (nSPS) is 11.1. The Morgan fingerprint density at radius 2 is 2.22 bits per heavy atom. The molecule has 0 aromatic heterocycles. The molecule has 0 bridgehead atoms. The summed E-state index contributed by atoms with van der Waals surface area (Å²) in [5.41, 5.74) is 0.0525. The van der Waals surface area contributed by atoms with Crippen molar-refractivity contribution in [2.45, 2.75) is 6.92 Å². The minimum Gasteiger partial charge on any atom is -0.478 e. The molecular formula is C6H7ClO2. The van der Waals surface area contributed by atoms with Crippen molar-refractivity contribution >= 4 is 17.6 Å². The van der Waals surface area contributed by atoms with Gasteiger partial charge < -0.3 is 5.11 Å². The van der Waals surface area contributed by atoms with Crippen LogP contribution in [-0.4, -0.2) is 11.1 Å². The van der Waals surface area contributed by atoms with E-state index in [1.165, 1.54) is 6.08 Å². The van der Waals surface area contributed by atoms with Gasteiger partial charge in [-0.25, -0.2) is 4.79 Å². The molecular weight excluding hydrogens is 140 g/mol. The van der Waals surface area contributed by atoms with Crippen LogP contribution in [0.25, 0.3) is 0 Å². The Morgan fingerprint density at radius 3 is 2.22 bits per heavy atom. The van der Waals surface area contributed by atoms with E-state index in [9.17, 15) is 4.79 Å². The SMILES string of the molecule is C=C(Cl)C(=CC)C(=O)O. The molecule has 0 aliphatic heterocycles. The first kappa shape index (κ1) is 8.24. The largest absolute Gasteiger partial charge is 0.478 e. The molecule has 0 aliphatic rings. The molecule has 9 heavy (non-hydrogen) atoms. The highest BCUT2D eigenvalue weighted by Crippen LogP contribution is 2.10. The van der Waals surface area contributed by atoms with E-state index >= 15 is 0 Å². The molecule has 0 atom stereocenters. The Morgan fingerprint density at radius 1 is 1.78 bits per heavy atom. The Balaban J connectivity index is 4.38. The van der Waals surface area contributed by atoms with Crippen molar-refractivity contribution < 1.29 is 9.90 Å². The molecule has 0 saturated carbocycles. The molecule has 0 amide bonds. The predicted octanol–water partition coefficient (Wildman–Crippen LogP) is 1.77. The van der Waals surface area contributed by atoms with Crippen molar-refractivity contribution in [2.75, 3.05) is 0 Å². The van der Waals surface area contributed by atoms with Gasteiger partial charge in [-0.05, 0) is 6.92 Å². The zero-order valence-electron chi connectivity index (χ0n) is 5.02. The Hall–Kier alpha value is -0.760. The van der Waals surface area contributed by atoms with Gasteiger partial charge in [0.25, 0.3) is 0 Å². The fourth-order valence-electron chi connectivity index (χ4n) is 0.396. The number of aliphatic carboxylic acids is 1. The lowest BCUT2D eigenvalue weighted by molar-refractivity contribution is -0.132. The lowest BCUT2D eigenvalue weighted by atomic mass is 10.2. The van der Waals surface area contributed by atoms with Crippen LogP contribution in [-0.2, 0) is 4.79 Å². The van der Waals surface area contributed by atoms with Crippen LogP contribution in [0.15, 0.2) is 23.3 Å². The van der Waals surface area contributed by atoms with Crippen LogP contribution < -0.4 is 0 Å². The van der Waals surface area contributed by atoms with Crippen LogP contribution >= 0.6 is 11.6 Å². The van der Waals surface area contributed by atoms with Crippen LogP contribution in [0.5, 0.6) is 0 Å². The van der Waals surface area contributed by atoms with Crippen molar-refractivity contribution in [2.24, 2.45) is 0 Å². The fourth-order valence-corrected chi connectivity index (χ4v) is 0.586. The molecule has 0 aliphatic carbocycles. The van der Waals surface area contributed by atoms with Gasteiger partial charge in [-0.1, -0.05) is 24.3 Å². The van der Waals surface area contributed by atoms with Crippen molar-refractivity contribution in [3.63, 3.8) is 0 Å². The van der Waals surface area contributed by atoms with Gasteiger partial charge in [0.15, 0.2) is 0 Å². The number of allylic oxidation sites excluding steroid dienone is 1. The number of carboxylic acid groups (broad SMARTS) is 1. The zero-order chi connectivity index (χ0) is 7.44. The second-order valence-electron chi connectivity index (χ2n) is 1.41. The maximum atomic E-state index is 10.2. The molecule has 0 radical (unpaired) electrons. The van der Waals surface area contributed by atoms with Gasteiger partial charge in [0.2, 0.25) is 0 Å². The first-order valence-electron chi connectivity index (χ1n) is 2.34. The predicted molar refractivity (Wildman–Crippen MR) is 36.4 cm³/mol. The van der Waals surface area contributed by atoms with Crippen molar-refractivity contribution in [3.8, 4) is 0 Å². The molecule has 0 fully saturated rings. The molecule has 1 N–H and O–H groups in total. The van der Waals surface area contributed by atoms with Crippen LogP contribution in [0.4, 0.5) is 0 Å². The molecule has 0 aromatic carbocycles. The quantitative estimate of drug-likeness (QED) is 0.476. The van der Waals surface area contributed by atoms with Gasteiger partial charge in [-0.15, -0.1) is 0 Å². The van der Waals surface area contributed by atoms with Gasteiger partial charge in [0, 0.05) is 5.03 Å². The maximum Gasteiger partial charge on any atom is 0.336 e. The number of carboxylic acids is 1. The van der Waals surface area contributed by atoms with E-state index in [1.807, 2.05) is 0 Å². The number of rotatable bonds is 2. The average Bonchev–Trinajstić information content (AvgIpc) is 1.64. The summed E-state index contributed by atoms with van der Waals surface area (Å²) in [6, 6.07) is 0. The summed E-state index contributed by atoms with van der Waals surface area (Å²) in [6.07, 6.45) is 1.40. The summed E-state index contributed by atoms with van der Waals surface area (Å²) < 4.78 is 0. The van der Waals surface area contributed by atoms with Crippen molar-refractivity contribution in [3.05, 3.63) is 23.3 Å². The van der Waals surface area contributed by atoms with Crippen LogP contribution in [0.1, 0.15) is 6.92 Å². The number of halogens is 1. The minimum atomic E-state index is -1.04. The van der Waals surface area contributed by atoms with E-state index in [-0.39, 0.29) is 10.6 Å². The van der Waals surface area contributed by atoms with Crippen molar-refractivity contribution in [1.29, 1.82) is 0 Å². The summed E-state index contributed by atoms with van der Waals surface area (Å²) in [5.74, 6) is -1.04. The van der Waals surface area contributed by atoms with E-state index < -0.39 is 5.97 Å². The van der Waals surface area contributed by atoms with E-state index in [1.54, 1.807) is 6.92 Å².